The van der Waals surface area contributed by atoms with E-state index in [-0.39, 0.29) is 5.69 Å². The Morgan fingerprint density at radius 2 is 1.72 bits per heavy atom. The average molecular weight is 415 g/mol. The second-order valence-electron chi connectivity index (χ2n) is 6.35. The molecule has 0 amide bonds. The van der Waals surface area contributed by atoms with Gasteiger partial charge in [-0.05, 0) is 36.8 Å². The molecule has 0 radical (unpaired) electrons. The van der Waals surface area contributed by atoms with Crippen LogP contribution in [0, 0.1) is 6.92 Å². The van der Waals surface area contributed by atoms with E-state index in [1.54, 1.807) is 20.1 Å². The summed E-state index contributed by atoms with van der Waals surface area (Å²) in [5, 5.41) is 5.51. The van der Waals surface area contributed by atoms with Crippen LogP contribution in [0.25, 0.3) is 21.3 Å². The maximum Gasteiger partial charge on any atom is 0.418 e. The summed E-state index contributed by atoms with van der Waals surface area (Å²) in [6.45, 7) is 1.72. The summed E-state index contributed by atoms with van der Waals surface area (Å²) in [6, 6.07) is 12.8. The number of alkyl halides is 3. The monoisotopic (exact) mass is 415 g/mol. The van der Waals surface area contributed by atoms with Gasteiger partial charge in [-0.25, -0.2) is 9.97 Å². The van der Waals surface area contributed by atoms with Crippen molar-refractivity contribution < 1.29 is 17.9 Å². The highest BCUT2D eigenvalue weighted by atomic mass is 32.1. The minimum atomic E-state index is -4.47. The zero-order chi connectivity index (χ0) is 20.6. The molecule has 0 atom stereocenters. The van der Waals surface area contributed by atoms with E-state index in [1.807, 2.05) is 29.6 Å². The number of thiophene rings is 1. The van der Waals surface area contributed by atoms with Gasteiger partial charge in [0.25, 0.3) is 0 Å². The molecule has 0 fully saturated rings. The number of halogens is 3. The molecule has 0 spiro atoms. The third-order valence-electron chi connectivity index (χ3n) is 4.43. The third kappa shape index (κ3) is 3.75. The van der Waals surface area contributed by atoms with Crippen molar-refractivity contribution >= 4 is 33.1 Å². The van der Waals surface area contributed by atoms with E-state index in [1.165, 1.54) is 23.5 Å². The van der Waals surface area contributed by atoms with Crippen molar-refractivity contribution in [3.63, 3.8) is 0 Å². The average Bonchev–Trinajstić information content (AvgIpc) is 3.11. The van der Waals surface area contributed by atoms with Gasteiger partial charge in [0.2, 0.25) is 0 Å². The smallest absolute Gasteiger partial charge is 0.418 e. The van der Waals surface area contributed by atoms with E-state index >= 15 is 0 Å². The van der Waals surface area contributed by atoms with Crippen LogP contribution in [-0.4, -0.2) is 17.1 Å². The number of aryl methyl sites for hydroxylation is 1. The van der Waals surface area contributed by atoms with Gasteiger partial charge < -0.3 is 10.1 Å². The number of nitrogens with one attached hydrogen (secondary N) is 1. The van der Waals surface area contributed by atoms with Gasteiger partial charge in [0.1, 0.15) is 22.2 Å². The Bertz CT molecular complexity index is 1170. The Balaban J connectivity index is 1.86. The van der Waals surface area contributed by atoms with Gasteiger partial charge in [0, 0.05) is 10.9 Å². The number of hydrogen-bond donors (Lipinski definition) is 1. The first-order chi connectivity index (χ1) is 13.9. The van der Waals surface area contributed by atoms with E-state index in [2.05, 4.69) is 15.3 Å². The second kappa shape index (κ2) is 7.36. The lowest BCUT2D eigenvalue weighted by molar-refractivity contribution is -0.136. The summed E-state index contributed by atoms with van der Waals surface area (Å²) in [5.74, 6) is 1.54. The van der Waals surface area contributed by atoms with Crippen LogP contribution in [0.4, 0.5) is 24.7 Å². The molecule has 8 heteroatoms. The van der Waals surface area contributed by atoms with Gasteiger partial charge in [0.05, 0.1) is 23.7 Å². The van der Waals surface area contributed by atoms with Crippen molar-refractivity contribution in [2.45, 2.75) is 13.1 Å². The molecular formula is C21H16F3N3OS. The standard InChI is InChI=1S/C21H16F3N3OS/c1-12-25-19(27-17-6-4-3-5-16(17)21(22,23)24)18-15(11-29-20(18)26-12)13-7-9-14(28-2)10-8-13/h3-11H,1-2H3,(H,25,26,27). The molecule has 0 aliphatic carbocycles. The van der Waals surface area contributed by atoms with E-state index in [4.69, 9.17) is 4.74 Å². The Kier molecular flexibility index (Phi) is 4.87. The maximum absolute atomic E-state index is 13.4. The number of para-hydroxylation sites is 1. The Labute approximate surface area is 169 Å². The van der Waals surface area contributed by atoms with Crippen LogP contribution in [0.15, 0.2) is 53.9 Å². The molecule has 0 saturated heterocycles. The van der Waals surface area contributed by atoms with Crippen molar-refractivity contribution in [2.24, 2.45) is 0 Å². The molecule has 2 heterocycles. The lowest BCUT2D eigenvalue weighted by Crippen LogP contribution is -2.09. The van der Waals surface area contributed by atoms with E-state index in [0.29, 0.717) is 21.9 Å². The van der Waals surface area contributed by atoms with E-state index in [9.17, 15) is 13.2 Å². The fourth-order valence-electron chi connectivity index (χ4n) is 3.09. The first-order valence-corrected chi connectivity index (χ1v) is 9.58. The molecule has 0 bridgehead atoms. The molecule has 1 N–H and O–H groups in total. The van der Waals surface area contributed by atoms with Crippen LogP contribution in [0.2, 0.25) is 0 Å². The molecule has 4 aromatic rings. The van der Waals surface area contributed by atoms with Gasteiger partial charge in [-0.1, -0.05) is 24.3 Å². The number of benzene rings is 2. The number of ether oxygens (including phenoxy) is 1. The van der Waals surface area contributed by atoms with Crippen LogP contribution < -0.4 is 10.1 Å². The molecular weight excluding hydrogens is 399 g/mol. The number of fused-ring (bicyclic) bond motifs is 1. The first-order valence-electron chi connectivity index (χ1n) is 8.70. The van der Waals surface area contributed by atoms with E-state index in [0.717, 1.165) is 22.9 Å². The zero-order valence-electron chi connectivity index (χ0n) is 15.5. The molecule has 4 rings (SSSR count). The topological polar surface area (TPSA) is 47.0 Å². The summed E-state index contributed by atoms with van der Waals surface area (Å²) in [5.41, 5.74) is 0.952. The normalized spacial score (nSPS) is 11.6. The van der Waals surface area contributed by atoms with Crippen LogP contribution in [-0.2, 0) is 6.18 Å². The molecule has 4 nitrogen and oxygen atoms in total. The summed E-state index contributed by atoms with van der Waals surface area (Å²) < 4.78 is 45.4. The van der Waals surface area contributed by atoms with Gasteiger partial charge in [-0.2, -0.15) is 13.2 Å². The van der Waals surface area contributed by atoms with Crippen molar-refractivity contribution in [3.8, 4) is 16.9 Å². The van der Waals surface area contributed by atoms with Gasteiger partial charge in [-0.3, -0.25) is 0 Å². The maximum atomic E-state index is 13.4. The highest BCUT2D eigenvalue weighted by Gasteiger charge is 2.33. The molecule has 2 aromatic heterocycles. The summed E-state index contributed by atoms with van der Waals surface area (Å²) in [7, 11) is 1.59. The highest BCUT2D eigenvalue weighted by Crippen LogP contribution is 2.40. The Hall–Kier alpha value is -3.13. The first kappa shape index (κ1) is 19.2. The van der Waals surface area contributed by atoms with Crippen molar-refractivity contribution in [1.82, 2.24) is 9.97 Å². The van der Waals surface area contributed by atoms with Crippen LogP contribution in [0.5, 0.6) is 5.75 Å². The molecule has 0 aliphatic heterocycles. The summed E-state index contributed by atoms with van der Waals surface area (Å²) >= 11 is 1.42. The molecule has 0 aliphatic rings. The van der Waals surface area contributed by atoms with Gasteiger partial charge in [0.15, 0.2) is 0 Å². The van der Waals surface area contributed by atoms with E-state index < -0.39 is 11.7 Å². The van der Waals surface area contributed by atoms with Crippen molar-refractivity contribution in [2.75, 3.05) is 12.4 Å². The number of methoxy groups -OCH3 is 1. The quantitative estimate of drug-likeness (QED) is 0.417. The highest BCUT2D eigenvalue weighted by molar-refractivity contribution is 7.17. The fourth-order valence-corrected chi connectivity index (χ4v) is 4.08. The molecule has 29 heavy (non-hydrogen) atoms. The number of aromatic nitrogens is 2. The predicted molar refractivity (Wildman–Crippen MR) is 109 cm³/mol. The second-order valence-corrected chi connectivity index (χ2v) is 7.20. The minimum Gasteiger partial charge on any atom is -0.497 e. The molecule has 2 aromatic carbocycles. The Morgan fingerprint density at radius 3 is 2.41 bits per heavy atom. The SMILES string of the molecule is COc1ccc(-c2csc3nc(C)nc(Nc4ccccc4C(F)(F)F)c23)cc1. The van der Waals surface area contributed by atoms with Crippen LogP contribution >= 0.6 is 11.3 Å². The van der Waals surface area contributed by atoms with Gasteiger partial charge in [-0.15, -0.1) is 11.3 Å². The van der Waals surface area contributed by atoms with Crippen LogP contribution in [0.1, 0.15) is 11.4 Å². The predicted octanol–water partition coefficient (Wildman–Crippen LogP) is 6.44. The third-order valence-corrected chi connectivity index (χ3v) is 5.30. The number of anilines is 2. The largest absolute Gasteiger partial charge is 0.497 e. The molecule has 0 unspecified atom stereocenters. The fraction of sp³-hybridized carbons (Fsp3) is 0.143. The lowest BCUT2D eigenvalue weighted by Gasteiger charge is -2.15. The molecule has 148 valence electrons. The number of hydrogen-bond acceptors (Lipinski definition) is 5. The Morgan fingerprint density at radius 1 is 1.00 bits per heavy atom. The lowest BCUT2D eigenvalue weighted by atomic mass is 10.1. The van der Waals surface area contributed by atoms with Gasteiger partial charge >= 0.3 is 6.18 Å². The minimum absolute atomic E-state index is 0.0497. The van der Waals surface area contributed by atoms with Crippen LogP contribution in [0.3, 0.4) is 0 Å². The number of rotatable bonds is 4. The molecule has 0 saturated carbocycles. The van der Waals surface area contributed by atoms with Crippen molar-refractivity contribution in [3.05, 3.63) is 65.3 Å². The summed E-state index contributed by atoms with van der Waals surface area (Å²) in [6.07, 6.45) is -4.47. The zero-order valence-corrected chi connectivity index (χ0v) is 16.4. The summed E-state index contributed by atoms with van der Waals surface area (Å²) in [4.78, 5) is 9.56. The van der Waals surface area contributed by atoms with Crippen molar-refractivity contribution in [1.29, 1.82) is 0 Å². The number of nitrogens with zero attached hydrogens (tertiary/aromatic N) is 2.